The highest BCUT2D eigenvalue weighted by molar-refractivity contribution is 8.03. The number of thioether (sulfide) groups is 1. The zero-order valence-corrected chi connectivity index (χ0v) is 4.92. The molecular weight excluding hydrogens is 128 g/mol. The third kappa shape index (κ3) is 0.406. The number of aromatic nitrogens is 2. The Morgan fingerprint density at radius 1 is 1.57 bits per heavy atom. The van der Waals surface area contributed by atoms with Gasteiger partial charge in [-0.3, -0.25) is 0 Å². The van der Waals surface area contributed by atoms with Crippen molar-refractivity contribution < 1.29 is 0 Å². The molecule has 7 heavy (non-hydrogen) atoms. The summed E-state index contributed by atoms with van der Waals surface area (Å²) in [6.45, 7) is 0. The Labute approximate surface area is 49.1 Å². The summed E-state index contributed by atoms with van der Waals surface area (Å²) < 4.78 is 3.72. The van der Waals surface area contributed by atoms with Gasteiger partial charge in [0.25, 0.3) is 0 Å². The van der Waals surface area contributed by atoms with Crippen LogP contribution in [0.5, 0.6) is 0 Å². The van der Waals surface area contributed by atoms with E-state index in [1.165, 1.54) is 16.4 Å². The number of fused-ring (bicyclic) bond motifs is 1. The van der Waals surface area contributed by atoms with Crippen molar-refractivity contribution >= 4 is 23.3 Å². The van der Waals surface area contributed by atoms with E-state index in [1.807, 2.05) is 0 Å². The summed E-state index contributed by atoms with van der Waals surface area (Å²) in [5.41, 5.74) is 0. The summed E-state index contributed by atoms with van der Waals surface area (Å²) >= 11 is 3.10. The van der Waals surface area contributed by atoms with E-state index in [0.29, 0.717) is 0 Å². The van der Waals surface area contributed by atoms with E-state index in [1.54, 1.807) is 11.8 Å². The van der Waals surface area contributed by atoms with Crippen molar-refractivity contribution in [1.29, 1.82) is 0 Å². The standard InChI is InChI=1S/C3HN2S2/c1-2-3(6-1)4-5-7-2/h1H. The Morgan fingerprint density at radius 2 is 2.57 bits per heavy atom. The average Bonchev–Trinajstić information content (AvgIpc) is 1.85. The van der Waals surface area contributed by atoms with Crippen LogP contribution in [0.4, 0.5) is 0 Å². The predicted octanol–water partition coefficient (Wildman–Crippen LogP) is 1.15. The molecule has 0 aromatic carbocycles. The molecule has 0 unspecified atom stereocenters. The van der Waals surface area contributed by atoms with Crippen molar-refractivity contribution in [3.05, 3.63) is 10.6 Å². The maximum absolute atomic E-state index is 3.80. The molecule has 2 rings (SSSR count). The number of hydrogen-bond donors (Lipinski definition) is 0. The van der Waals surface area contributed by atoms with Crippen LogP contribution >= 0.6 is 23.3 Å². The topological polar surface area (TPSA) is 25.8 Å². The molecule has 2 heterocycles. The highest BCUT2D eigenvalue weighted by Gasteiger charge is 2.17. The zero-order chi connectivity index (χ0) is 4.69. The molecule has 1 aliphatic heterocycles. The zero-order valence-electron chi connectivity index (χ0n) is 3.29. The molecule has 0 saturated heterocycles. The largest absolute Gasteiger partial charge is 0.136 e. The minimum absolute atomic E-state index is 1.09. The first-order chi connectivity index (χ1) is 3.47. The van der Waals surface area contributed by atoms with Crippen LogP contribution in [0.15, 0.2) is 5.03 Å². The highest BCUT2D eigenvalue weighted by Crippen LogP contribution is 2.39. The SMILES string of the molecule is [CH]1Sc2nnsc21. The van der Waals surface area contributed by atoms with Gasteiger partial charge < -0.3 is 0 Å². The lowest BCUT2D eigenvalue weighted by atomic mass is 10.6. The minimum atomic E-state index is 1.09. The van der Waals surface area contributed by atoms with Crippen LogP contribution in [-0.2, 0) is 0 Å². The van der Waals surface area contributed by atoms with E-state index in [4.69, 9.17) is 0 Å². The Hall–Kier alpha value is -0.0900. The van der Waals surface area contributed by atoms with E-state index >= 15 is 0 Å². The molecule has 0 amide bonds. The summed E-state index contributed by atoms with van der Waals surface area (Å²) in [4.78, 5) is 1.23. The van der Waals surface area contributed by atoms with Gasteiger partial charge >= 0.3 is 0 Å². The molecule has 35 valence electrons. The number of rotatable bonds is 0. The van der Waals surface area contributed by atoms with Gasteiger partial charge in [0.1, 0.15) is 5.03 Å². The van der Waals surface area contributed by atoms with Crippen LogP contribution in [0.25, 0.3) is 0 Å². The normalized spacial score (nSPS) is 15.4. The third-order valence-electron chi connectivity index (χ3n) is 0.759. The second-order valence-electron chi connectivity index (χ2n) is 1.18. The Bertz CT molecular complexity index is 164. The molecule has 1 radical (unpaired) electrons. The summed E-state index contributed by atoms with van der Waals surface area (Å²) in [7, 11) is 0. The van der Waals surface area contributed by atoms with E-state index in [9.17, 15) is 0 Å². The second-order valence-corrected chi connectivity index (χ2v) is 2.82. The van der Waals surface area contributed by atoms with Gasteiger partial charge in [-0.2, -0.15) is 0 Å². The lowest BCUT2D eigenvalue weighted by Crippen LogP contribution is -1.86. The smallest absolute Gasteiger partial charge is 0.131 e. The van der Waals surface area contributed by atoms with Crippen LogP contribution in [-0.4, -0.2) is 9.59 Å². The first-order valence-electron chi connectivity index (χ1n) is 1.79. The lowest BCUT2D eigenvalue weighted by molar-refractivity contribution is 1.02. The molecule has 1 aliphatic rings. The maximum Gasteiger partial charge on any atom is 0.136 e. The van der Waals surface area contributed by atoms with Crippen LogP contribution in [0, 0.1) is 5.75 Å². The fraction of sp³-hybridized carbons (Fsp3) is 0. The second kappa shape index (κ2) is 1.20. The Morgan fingerprint density at radius 3 is 2.86 bits per heavy atom. The number of nitrogens with zero attached hydrogens (tertiary/aromatic N) is 2. The van der Waals surface area contributed by atoms with Gasteiger partial charge in [0, 0.05) is 0 Å². The van der Waals surface area contributed by atoms with E-state index in [0.717, 1.165) is 5.03 Å². The van der Waals surface area contributed by atoms with Crippen molar-refractivity contribution in [2.75, 3.05) is 0 Å². The molecule has 0 saturated carbocycles. The van der Waals surface area contributed by atoms with Crippen LogP contribution in [0.2, 0.25) is 0 Å². The minimum Gasteiger partial charge on any atom is -0.131 e. The maximum atomic E-state index is 3.80. The van der Waals surface area contributed by atoms with E-state index in [2.05, 4.69) is 15.3 Å². The lowest BCUT2D eigenvalue weighted by Gasteiger charge is -2.03. The quantitative estimate of drug-likeness (QED) is 0.525. The first-order valence-corrected chi connectivity index (χ1v) is 3.44. The third-order valence-corrected chi connectivity index (χ3v) is 2.59. The fourth-order valence-electron chi connectivity index (χ4n) is 0.395. The summed E-state index contributed by atoms with van der Waals surface area (Å²) in [5.74, 6) is 2.06. The molecule has 2 nitrogen and oxygen atoms in total. The Balaban J connectivity index is 2.69. The van der Waals surface area contributed by atoms with Gasteiger partial charge in [0.05, 0.1) is 10.6 Å². The van der Waals surface area contributed by atoms with Crippen LogP contribution < -0.4 is 0 Å². The molecule has 0 atom stereocenters. The van der Waals surface area contributed by atoms with Crippen molar-refractivity contribution in [2.24, 2.45) is 0 Å². The molecule has 4 heteroatoms. The molecule has 0 aliphatic carbocycles. The van der Waals surface area contributed by atoms with Crippen molar-refractivity contribution in [2.45, 2.75) is 5.03 Å². The molecule has 1 aromatic heterocycles. The monoisotopic (exact) mass is 129 g/mol. The van der Waals surface area contributed by atoms with Gasteiger partial charge in [-0.25, -0.2) is 0 Å². The number of hydrogen-bond acceptors (Lipinski definition) is 4. The fourth-order valence-corrected chi connectivity index (χ4v) is 1.76. The predicted molar refractivity (Wildman–Crippen MR) is 29.2 cm³/mol. The van der Waals surface area contributed by atoms with Gasteiger partial charge in [0.15, 0.2) is 0 Å². The van der Waals surface area contributed by atoms with E-state index < -0.39 is 0 Å². The summed E-state index contributed by atoms with van der Waals surface area (Å²) in [6, 6.07) is 0. The average molecular weight is 129 g/mol. The summed E-state index contributed by atoms with van der Waals surface area (Å²) in [5, 5.41) is 4.89. The van der Waals surface area contributed by atoms with Gasteiger partial charge in [0.2, 0.25) is 0 Å². The molecular formula is C3HN2S2. The van der Waals surface area contributed by atoms with Gasteiger partial charge in [-0.1, -0.05) is 16.3 Å². The first kappa shape index (κ1) is 3.86. The van der Waals surface area contributed by atoms with Crippen LogP contribution in [0.3, 0.4) is 0 Å². The van der Waals surface area contributed by atoms with Crippen molar-refractivity contribution in [1.82, 2.24) is 9.59 Å². The molecule has 0 fully saturated rings. The van der Waals surface area contributed by atoms with Crippen molar-refractivity contribution in [3.63, 3.8) is 0 Å². The molecule has 0 spiro atoms. The summed E-state index contributed by atoms with van der Waals surface area (Å²) in [6.07, 6.45) is 0. The van der Waals surface area contributed by atoms with Gasteiger partial charge in [-0.15, -0.1) is 5.10 Å². The molecule has 0 bridgehead atoms. The Kier molecular flexibility index (Phi) is 0.660. The molecule has 0 N–H and O–H groups in total. The van der Waals surface area contributed by atoms with E-state index in [-0.39, 0.29) is 0 Å². The van der Waals surface area contributed by atoms with Crippen LogP contribution in [0.1, 0.15) is 4.88 Å². The highest BCUT2D eigenvalue weighted by atomic mass is 32.2. The van der Waals surface area contributed by atoms with Gasteiger partial charge in [-0.05, 0) is 11.5 Å². The molecule has 1 aromatic rings. The van der Waals surface area contributed by atoms with Crippen molar-refractivity contribution in [3.8, 4) is 0 Å².